The van der Waals surface area contributed by atoms with Crippen molar-refractivity contribution in [2.45, 2.75) is 39.7 Å². The van der Waals surface area contributed by atoms with Gasteiger partial charge in [0.15, 0.2) is 22.6 Å². The molecule has 32 heavy (non-hydrogen) atoms. The zero-order chi connectivity index (χ0) is 22.2. The lowest BCUT2D eigenvalue weighted by molar-refractivity contribution is 0.353. The van der Waals surface area contributed by atoms with Crippen LogP contribution in [0.5, 0.6) is 11.5 Å². The zero-order valence-corrected chi connectivity index (χ0v) is 23.0. The van der Waals surface area contributed by atoms with Gasteiger partial charge in [-0.15, -0.1) is 35.3 Å². The van der Waals surface area contributed by atoms with Crippen molar-refractivity contribution in [2.24, 2.45) is 4.99 Å². The first kappa shape index (κ1) is 26.5. The van der Waals surface area contributed by atoms with Gasteiger partial charge in [0, 0.05) is 51.6 Å². The summed E-state index contributed by atoms with van der Waals surface area (Å²) in [5.41, 5.74) is 3.47. The second-order valence-electron chi connectivity index (χ2n) is 7.79. The zero-order valence-electron chi connectivity index (χ0n) is 19.8. The number of ether oxygens (including phenoxy) is 2. The van der Waals surface area contributed by atoms with Crippen molar-refractivity contribution in [2.75, 3.05) is 52.3 Å². The van der Waals surface area contributed by atoms with Crippen LogP contribution < -0.4 is 19.7 Å². The van der Waals surface area contributed by atoms with E-state index in [1.54, 1.807) is 25.6 Å². The van der Waals surface area contributed by atoms with Gasteiger partial charge < -0.3 is 24.6 Å². The average Bonchev–Trinajstić information content (AvgIpc) is 3.46. The SMILES string of the molecule is CCNC(=NCCc1csc(N2CCCC2)n1)N(C)Cc1cc(OC)c(OC)cc1C.I. The van der Waals surface area contributed by atoms with Gasteiger partial charge in [-0.2, -0.15) is 0 Å². The number of nitrogens with one attached hydrogen (secondary N) is 1. The predicted octanol–water partition coefficient (Wildman–Crippen LogP) is 4.33. The van der Waals surface area contributed by atoms with Crippen molar-refractivity contribution in [3.63, 3.8) is 0 Å². The van der Waals surface area contributed by atoms with Gasteiger partial charge in [-0.1, -0.05) is 0 Å². The molecule has 0 bridgehead atoms. The molecule has 9 heteroatoms. The molecular weight excluding hydrogens is 537 g/mol. The Morgan fingerprint density at radius 3 is 2.56 bits per heavy atom. The van der Waals surface area contributed by atoms with Crippen LogP contribution in [0.25, 0.3) is 0 Å². The monoisotopic (exact) mass is 573 g/mol. The molecule has 0 aliphatic carbocycles. The van der Waals surface area contributed by atoms with E-state index in [-0.39, 0.29) is 24.0 Å². The Kier molecular flexibility index (Phi) is 10.8. The molecule has 7 nitrogen and oxygen atoms in total. The minimum absolute atomic E-state index is 0. The average molecular weight is 574 g/mol. The van der Waals surface area contributed by atoms with E-state index >= 15 is 0 Å². The van der Waals surface area contributed by atoms with Gasteiger partial charge in [0.25, 0.3) is 0 Å². The highest BCUT2D eigenvalue weighted by atomic mass is 127. The van der Waals surface area contributed by atoms with Gasteiger partial charge in [-0.3, -0.25) is 4.99 Å². The van der Waals surface area contributed by atoms with Crippen LogP contribution in [0.15, 0.2) is 22.5 Å². The minimum Gasteiger partial charge on any atom is -0.493 e. The molecule has 0 amide bonds. The number of aryl methyl sites for hydroxylation is 1. The number of hydrogen-bond acceptors (Lipinski definition) is 6. The van der Waals surface area contributed by atoms with Crippen molar-refractivity contribution in [1.29, 1.82) is 0 Å². The number of hydrogen-bond donors (Lipinski definition) is 1. The predicted molar refractivity (Wildman–Crippen MR) is 144 cm³/mol. The Morgan fingerprint density at radius 2 is 1.91 bits per heavy atom. The van der Waals surface area contributed by atoms with Crippen LogP contribution in [0.1, 0.15) is 36.6 Å². The lowest BCUT2D eigenvalue weighted by atomic mass is 10.1. The number of halogens is 1. The normalized spacial score (nSPS) is 13.7. The second kappa shape index (κ2) is 13.1. The fraction of sp³-hybridized carbons (Fsp3) is 0.565. The van der Waals surface area contributed by atoms with E-state index in [4.69, 9.17) is 19.5 Å². The number of aromatic nitrogens is 1. The van der Waals surface area contributed by atoms with Gasteiger partial charge in [0.2, 0.25) is 0 Å². The van der Waals surface area contributed by atoms with E-state index in [1.165, 1.54) is 18.4 Å². The maximum Gasteiger partial charge on any atom is 0.193 e. The molecule has 1 aliphatic heterocycles. The molecule has 3 rings (SSSR count). The molecule has 178 valence electrons. The fourth-order valence-corrected chi connectivity index (χ4v) is 4.65. The van der Waals surface area contributed by atoms with Crippen molar-refractivity contribution >= 4 is 46.4 Å². The van der Waals surface area contributed by atoms with Gasteiger partial charge in [0.05, 0.1) is 19.9 Å². The number of anilines is 1. The molecule has 0 saturated carbocycles. The molecule has 1 fully saturated rings. The standard InChI is InChI=1S/C23H35N5O2S.HI/c1-6-24-22(25-10-9-19-16-31-23(26-19)28-11-7-8-12-28)27(3)15-18-14-21(30-5)20(29-4)13-17(18)2;/h13-14,16H,6-12,15H2,1-5H3,(H,24,25);1H. The molecule has 1 saturated heterocycles. The Bertz CT molecular complexity index is 883. The summed E-state index contributed by atoms with van der Waals surface area (Å²) in [7, 11) is 5.39. The summed E-state index contributed by atoms with van der Waals surface area (Å²) in [6, 6.07) is 4.07. The molecular formula is C23H36IN5O2S. The fourth-order valence-electron chi connectivity index (χ4n) is 3.73. The van der Waals surface area contributed by atoms with Crippen LogP contribution in [0.2, 0.25) is 0 Å². The highest BCUT2D eigenvalue weighted by Gasteiger charge is 2.16. The molecule has 1 N–H and O–H groups in total. The summed E-state index contributed by atoms with van der Waals surface area (Å²) < 4.78 is 10.9. The third-order valence-electron chi connectivity index (χ3n) is 5.49. The summed E-state index contributed by atoms with van der Waals surface area (Å²) in [6.07, 6.45) is 3.40. The molecule has 1 aromatic heterocycles. The van der Waals surface area contributed by atoms with Crippen LogP contribution in [0.3, 0.4) is 0 Å². The minimum atomic E-state index is 0. The van der Waals surface area contributed by atoms with Crippen LogP contribution in [0.4, 0.5) is 5.13 Å². The first-order valence-electron chi connectivity index (χ1n) is 11.0. The number of benzene rings is 1. The van der Waals surface area contributed by atoms with Gasteiger partial charge in [-0.05, 0) is 49.9 Å². The Hall–Kier alpha value is -1.75. The van der Waals surface area contributed by atoms with Crippen LogP contribution in [-0.2, 0) is 13.0 Å². The number of rotatable bonds is 9. The molecule has 1 aromatic carbocycles. The Balaban J connectivity index is 0.00000363. The van der Waals surface area contributed by atoms with E-state index in [0.29, 0.717) is 6.54 Å². The Labute approximate surface area is 213 Å². The van der Waals surface area contributed by atoms with E-state index in [1.807, 2.05) is 12.1 Å². The second-order valence-corrected chi connectivity index (χ2v) is 8.63. The molecule has 0 spiro atoms. The molecule has 0 atom stereocenters. The third kappa shape index (κ3) is 6.87. The van der Waals surface area contributed by atoms with Crippen molar-refractivity contribution in [3.05, 3.63) is 34.3 Å². The van der Waals surface area contributed by atoms with Crippen LogP contribution >= 0.6 is 35.3 Å². The maximum absolute atomic E-state index is 5.48. The van der Waals surface area contributed by atoms with E-state index in [0.717, 1.165) is 66.4 Å². The Morgan fingerprint density at radius 1 is 1.22 bits per heavy atom. The van der Waals surface area contributed by atoms with Crippen molar-refractivity contribution in [3.8, 4) is 11.5 Å². The van der Waals surface area contributed by atoms with E-state index in [9.17, 15) is 0 Å². The highest BCUT2D eigenvalue weighted by molar-refractivity contribution is 14.0. The number of aliphatic imine (C=N–C) groups is 1. The van der Waals surface area contributed by atoms with Crippen LogP contribution in [0, 0.1) is 6.92 Å². The lowest BCUT2D eigenvalue weighted by Gasteiger charge is -2.23. The summed E-state index contributed by atoms with van der Waals surface area (Å²) in [5, 5.41) is 6.73. The summed E-state index contributed by atoms with van der Waals surface area (Å²) in [4.78, 5) is 14.2. The molecule has 0 radical (unpaired) electrons. The van der Waals surface area contributed by atoms with E-state index < -0.39 is 0 Å². The number of nitrogens with zero attached hydrogens (tertiary/aromatic N) is 4. The van der Waals surface area contributed by atoms with Gasteiger partial charge in [-0.25, -0.2) is 4.98 Å². The van der Waals surface area contributed by atoms with Gasteiger partial charge in [0.1, 0.15) is 0 Å². The third-order valence-corrected chi connectivity index (χ3v) is 6.44. The smallest absolute Gasteiger partial charge is 0.193 e. The molecule has 2 heterocycles. The van der Waals surface area contributed by atoms with E-state index in [2.05, 4.69) is 41.4 Å². The van der Waals surface area contributed by atoms with Crippen LogP contribution in [-0.4, -0.2) is 63.3 Å². The number of guanidine groups is 1. The number of methoxy groups -OCH3 is 2. The van der Waals surface area contributed by atoms with Crippen molar-refractivity contribution in [1.82, 2.24) is 15.2 Å². The highest BCUT2D eigenvalue weighted by Crippen LogP contribution is 2.30. The summed E-state index contributed by atoms with van der Waals surface area (Å²) >= 11 is 1.75. The first-order valence-corrected chi connectivity index (χ1v) is 11.8. The number of thiazole rings is 1. The summed E-state index contributed by atoms with van der Waals surface area (Å²) in [6.45, 7) is 8.72. The van der Waals surface area contributed by atoms with Crippen molar-refractivity contribution < 1.29 is 9.47 Å². The quantitative estimate of drug-likeness (QED) is 0.274. The first-order chi connectivity index (χ1) is 15.0. The maximum atomic E-state index is 5.48. The lowest BCUT2D eigenvalue weighted by Crippen LogP contribution is -2.38. The van der Waals surface area contributed by atoms with Gasteiger partial charge >= 0.3 is 0 Å². The molecule has 1 aliphatic rings. The summed E-state index contributed by atoms with van der Waals surface area (Å²) in [5.74, 6) is 2.39. The molecule has 0 unspecified atom stereocenters. The topological polar surface area (TPSA) is 62.2 Å². The molecule has 2 aromatic rings. The largest absolute Gasteiger partial charge is 0.493 e.